The van der Waals surface area contributed by atoms with E-state index in [2.05, 4.69) is 11.8 Å². The molecule has 0 aromatic rings. The lowest BCUT2D eigenvalue weighted by atomic mass is 9.49. The number of nitrogens with zero attached hydrogens (tertiary/aromatic N) is 2. The molecule has 30 heavy (non-hydrogen) atoms. The summed E-state index contributed by atoms with van der Waals surface area (Å²) in [7, 11) is 0. The van der Waals surface area contributed by atoms with Crippen LogP contribution in [0.3, 0.4) is 0 Å². The smallest absolute Gasteiger partial charge is 0.150 e. The van der Waals surface area contributed by atoms with Gasteiger partial charge in [-0.15, -0.1) is 0 Å². The standard InChI is InChI=1S/C25H42N2O3/c1-24(29)9-7-18-17(15-24)3-4-20-19(18)8-10-25(2)21(20)5-6-22(25)23(28)16-26-11-13-27(30)14-12-26/h17-22,29-30H,3-16H2,1-2H3/t17-,18-,19+,20+,21-,22+,24+,25-/m0/s1. The van der Waals surface area contributed by atoms with Gasteiger partial charge in [-0.3, -0.25) is 9.69 Å². The Hall–Kier alpha value is -0.490. The minimum atomic E-state index is -0.441. The van der Waals surface area contributed by atoms with Gasteiger partial charge in [-0.1, -0.05) is 6.92 Å². The van der Waals surface area contributed by atoms with Crippen LogP contribution in [0.2, 0.25) is 0 Å². The lowest BCUT2D eigenvalue weighted by Gasteiger charge is -2.57. The number of aliphatic hydroxyl groups is 1. The highest BCUT2D eigenvalue weighted by atomic mass is 16.5. The molecule has 5 rings (SSSR count). The van der Waals surface area contributed by atoms with E-state index in [0.29, 0.717) is 25.4 Å². The molecule has 0 unspecified atom stereocenters. The quantitative estimate of drug-likeness (QED) is 0.733. The fourth-order valence-corrected chi connectivity index (χ4v) is 8.84. The highest BCUT2D eigenvalue weighted by molar-refractivity contribution is 5.84. The molecule has 2 N–H and O–H groups in total. The second kappa shape index (κ2) is 7.83. The topological polar surface area (TPSA) is 64.0 Å². The van der Waals surface area contributed by atoms with Gasteiger partial charge >= 0.3 is 0 Å². The minimum Gasteiger partial charge on any atom is -0.390 e. The Morgan fingerprint density at radius 3 is 2.40 bits per heavy atom. The van der Waals surface area contributed by atoms with Crippen LogP contribution in [0.1, 0.15) is 71.6 Å². The summed E-state index contributed by atoms with van der Waals surface area (Å²) in [4.78, 5) is 15.6. The SMILES string of the molecule is C[C@@]1(O)CC[C@H]2[C@@H](CC[C@@H]3[C@@H]2CC[C@]2(C)[C@@H](C(=O)CN4CCN(O)CC4)CC[C@@H]32)C1. The third kappa shape index (κ3) is 3.68. The molecule has 0 aromatic carbocycles. The van der Waals surface area contributed by atoms with Gasteiger partial charge in [-0.25, -0.2) is 0 Å². The number of fused-ring (bicyclic) bond motifs is 5. The Morgan fingerprint density at radius 2 is 1.63 bits per heavy atom. The molecule has 5 aliphatic rings. The normalized spacial score (nSPS) is 49.9. The first kappa shape index (κ1) is 21.4. The Labute approximate surface area is 182 Å². The minimum absolute atomic E-state index is 0.198. The summed E-state index contributed by atoms with van der Waals surface area (Å²) in [6.45, 7) is 7.97. The van der Waals surface area contributed by atoms with E-state index in [4.69, 9.17) is 0 Å². The van der Waals surface area contributed by atoms with Crippen LogP contribution in [0.5, 0.6) is 0 Å². The predicted molar refractivity (Wildman–Crippen MR) is 116 cm³/mol. The highest BCUT2D eigenvalue weighted by Gasteiger charge is 2.58. The van der Waals surface area contributed by atoms with E-state index < -0.39 is 5.60 Å². The summed E-state index contributed by atoms with van der Waals surface area (Å²) in [6.07, 6.45) is 10.7. The Kier molecular flexibility index (Phi) is 5.57. The Morgan fingerprint density at radius 1 is 0.900 bits per heavy atom. The van der Waals surface area contributed by atoms with Crippen molar-refractivity contribution in [3.63, 3.8) is 0 Å². The summed E-state index contributed by atoms with van der Waals surface area (Å²) >= 11 is 0. The number of hydroxylamine groups is 2. The third-order valence-corrected chi connectivity index (χ3v) is 10.4. The monoisotopic (exact) mass is 418 g/mol. The molecule has 5 heteroatoms. The van der Waals surface area contributed by atoms with Crippen molar-refractivity contribution in [2.24, 2.45) is 40.9 Å². The van der Waals surface area contributed by atoms with E-state index in [1.807, 2.05) is 6.92 Å². The fraction of sp³-hybridized carbons (Fsp3) is 0.960. The maximum Gasteiger partial charge on any atom is 0.150 e. The van der Waals surface area contributed by atoms with E-state index in [-0.39, 0.29) is 11.3 Å². The zero-order valence-corrected chi connectivity index (χ0v) is 19.1. The van der Waals surface area contributed by atoms with Crippen LogP contribution in [0.4, 0.5) is 0 Å². The van der Waals surface area contributed by atoms with E-state index >= 15 is 0 Å². The predicted octanol–water partition coefficient (Wildman–Crippen LogP) is 3.58. The van der Waals surface area contributed by atoms with Crippen molar-refractivity contribution in [1.29, 1.82) is 0 Å². The van der Waals surface area contributed by atoms with Gasteiger partial charge in [0.05, 0.1) is 12.1 Å². The second-order valence-corrected chi connectivity index (χ2v) is 12.0. The van der Waals surface area contributed by atoms with Crippen LogP contribution < -0.4 is 0 Å². The van der Waals surface area contributed by atoms with Crippen molar-refractivity contribution >= 4 is 5.78 Å². The maximum absolute atomic E-state index is 13.4. The second-order valence-electron chi connectivity index (χ2n) is 12.0. The van der Waals surface area contributed by atoms with Crippen molar-refractivity contribution < 1.29 is 15.1 Å². The van der Waals surface area contributed by atoms with Gasteiger partial charge in [0.2, 0.25) is 0 Å². The molecule has 0 spiro atoms. The summed E-state index contributed by atoms with van der Waals surface area (Å²) in [5.41, 5.74) is -0.242. The number of ketones is 1. The number of carbonyl (C=O) groups is 1. The van der Waals surface area contributed by atoms with Gasteiger partial charge in [0.1, 0.15) is 5.78 Å². The van der Waals surface area contributed by atoms with Gasteiger partial charge < -0.3 is 10.3 Å². The van der Waals surface area contributed by atoms with E-state index in [1.54, 1.807) is 0 Å². The maximum atomic E-state index is 13.4. The van der Waals surface area contributed by atoms with Crippen molar-refractivity contribution in [2.75, 3.05) is 32.7 Å². The molecule has 0 aromatic heterocycles. The molecule has 1 aliphatic heterocycles. The summed E-state index contributed by atoms with van der Waals surface area (Å²) in [6, 6.07) is 0. The molecule has 1 heterocycles. The van der Waals surface area contributed by atoms with Crippen molar-refractivity contribution in [2.45, 2.75) is 77.2 Å². The molecule has 0 radical (unpaired) electrons. The van der Waals surface area contributed by atoms with Crippen LogP contribution >= 0.6 is 0 Å². The average molecular weight is 419 g/mol. The summed E-state index contributed by atoms with van der Waals surface area (Å²) < 4.78 is 0. The first-order valence-electron chi connectivity index (χ1n) is 12.7. The van der Waals surface area contributed by atoms with Gasteiger partial charge in [0.15, 0.2) is 0 Å². The van der Waals surface area contributed by atoms with Crippen molar-refractivity contribution in [3.8, 4) is 0 Å². The van der Waals surface area contributed by atoms with Crippen LogP contribution in [0, 0.1) is 40.9 Å². The summed E-state index contributed by atoms with van der Waals surface area (Å²) in [5.74, 6) is 4.62. The average Bonchev–Trinajstić information content (AvgIpc) is 3.06. The first-order chi connectivity index (χ1) is 14.3. The van der Waals surface area contributed by atoms with E-state index in [0.717, 1.165) is 61.9 Å². The largest absolute Gasteiger partial charge is 0.390 e. The van der Waals surface area contributed by atoms with Gasteiger partial charge in [0.25, 0.3) is 0 Å². The highest BCUT2D eigenvalue weighted by Crippen LogP contribution is 2.64. The lowest BCUT2D eigenvalue weighted by molar-refractivity contribution is -0.138. The molecule has 5 fully saturated rings. The zero-order chi connectivity index (χ0) is 21.1. The van der Waals surface area contributed by atoms with Crippen LogP contribution in [-0.2, 0) is 4.79 Å². The number of piperazine rings is 1. The molecule has 4 aliphatic carbocycles. The summed E-state index contributed by atoms with van der Waals surface area (Å²) in [5, 5.41) is 21.6. The number of hydrogen-bond acceptors (Lipinski definition) is 5. The van der Waals surface area contributed by atoms with Crippen LogP contribution in [-0.4, -0.2) is 64.4 Å². The van der Waals surface area contributed by atoms with Gasteiger partial charge in [0, 0.05) is 32.1 Å². The Bertz CT molecular complexity index is 659. The molecule has 4 saturated carbocycles. The van der Waals surface area contributed by atoms with Crippen molar-refractivity contribution in [3.05, 3.63) is 0 Å². The van der Waals surface area contributed by atoms with E-state index in [9.17, 15) is 15.1 Å². The molecule has 0 amide bonds. The molecule has 170 valence electrons. The molecule has 1 saturated heterocycles. The van der Waals surface area contributed by atoms with E-state index in [1.165, 1.54) is 43.6 Å². The molecule has 8 atom stereocenters. The van der Waals surface area contributed by atoms with Crippen LogP contribution in [0.15, 0.2) is 0 Å². The number of carbonyl (C=O) groups excluding carboxylic acids is 1. The zero-order valence-electron chi connectivity index (χ0n) is 19.1. The molecule has 0 bridgehead atoms. The van der Waals surface area contributed by atoms with Crippen LogP contribution in [0.25, 0.3) is 0 Å². The van der Waals surface area contributed by atoms with Gasteiger partial charge in [-0.05, 0) is 99.7 Å². The van der Waals surface area contributed by atoms with Gasteiger partial charge in [-0.2, -0.15) is 5.06 Å². The first-order valence-corrected chi connectivity index (χ1v) is 12.7. The van der Waals surface area contributed by atoms with Crippen molar-refractivity contribution in [1.82, 2.24) is 9.96 Å². The fourth-order valence-electron chi connectivity index (χ4n) is 8.84. The molecular weight excluding hydrogens is 376 g/mol. The number of rotatable bonds is 3. The number of Topliss-reactive ketones (excluding diaryl/α,β-unsaturated/α-hetero) is 1. The molecule has 5 nitrogen and oxygen atoms in total. The number of hydrogen-bond donors (Lipinski definition) is 2. The Balaban J connectivity index is 1.26. The lowest BCUT2D eigenvalue weighted by Crippen LogP contribution is -2.52. The third-order valence-electron chi connectivity index (χ3n) is 10.4. The molecular formula is C25H42N2O3.